The van der Waals surface area contributed by atoms with Crippen LogP contribution in [0.3, 0.4) is 0 Å². The zero-order chi connectivity index (χ0) is 16.6. The molecule has 0 aliphatic rings. The molecule has 0 saturated heterocycles. The standard InChI is InChI=1S/C14H9F7O/c15-12(16,13(17,18)14(19,20)21)8-22-11-6-5-9-3-1-2-4-10(9)7-11/h1-7H,8H2. The Bertz CT molecular complexity index is 664. The number of alkyl halides is 7. The Balaban J connectivity index is 2.16. The number of ether oxygens (including phenoxy) is 1. The summed E-state index contributed by atoms with van der Waals surface area (Å²) in [4.78, 5) is 0. The molecule has 1 nitrogen and oxygen atoms in total. The van der Waals surface area contributed by atoms with Crippen LogP contribution in [0.1, 0.15) is 0 Å². The first-order valence-electron chi connectivity index (χ1n) is 5.98. The van der Waals surface area contributed by atoms with Gasteiger partial charge in [0.25, 0.3) is 0 Å². The van der Waals surface area contributed by atoms with Crippen LogP contribution in [0.4, 0.5) is 30.7 Å². The van der Waals surface area contributed by atoms with Crippen LogP contribution in [0.25, 0.3) is 10.8 Å². The Morgan fingerprint density at radius 2 is 1.36 bits per heavy atom. The van der Waals surface area contributed by atoms with E-state index in [1.54, 1.807) is 24.3 Å². The van der Waals surface area contributed by atoms with Gasteiger partial charge < -0.3 is 4.74 Å². The molecule has 0 heterocycles. The minimum Gasteiger partial charge on any atom is -0.487 e. The van der Waals surface area contributed by atoms with Crippen LogP contribution in [0, 0.1) is 0 Å². The number of hydrogen-bond acceptors (Lipinski definition) is 1. The number of benzene rings is 2. The van der Waals surface area contributed by atoms with Crippen molar-refractivity contribution in [2.45, 2.75) is 18.0 Å². The van der Waals surface area contributed by atoms with E-state index in [0.29, 0.717) is 5.39 Å². The molecule has 0 spiro atoms. The average Bonchev–Trinajstić information content (AvgIpc) is 2.43. The third-order valence-electron chi connectivity index (χ3n) is 2.96. The zero-order valence-corrected chi connectivity index (χ0v) is 10.8. The topological polar surface area (TPSA) is 9.23 Å². The van der Waals surface area contributed by atoms with Crippen molar-refractivity contribution in [2.75, 3.05) is 6.61 Å². The van der Waals surface area contributed by atoms with Crippen LogP contribution in [-0.2, 0) is 0 Å². The smallest absolute Gasteiger partial charge is 0.460 e. The van der Waals surface area contributed by atoms with Gasteiger partial charge in [0.2, 0.25) is 0 Å². The summed E-state index contributed by atoms with van der Waals surface area (Å²) in [5, 5.41) is 1.31. The molecule has 0 bridgehead atoms. The molecule has 2 rings (SSSR count). The first kappa shape index (κ1) is 16.4. The van der Waals surface area contributed by atoms with E-state index in [1.165, 1.54) is 18.2 Å². The summed E-state index contributed by atoms with van der Waals surface area (Å²) >= 11 is 0. The van der Waals surface area contributed by atoms with Gasteiger partial charge in [-0.1, -0.05) is 30.3 Å². The summed E-state index contributed by atoms with van der Waals surface area (Å²) in [5.74, 6) is -11.8. The molecule has 0 aliphatic heterocycles. The Hall–Kier alpha value is -1.99. The van der Waals surface area contributed by atoms with Crippen LogP contribution >= 0.6 is 0 Å². The Morgan fingerprint density at radius 1 is 0.773 bits per heavy atom. The van der Waals surface area contributed by atoms with Crippen molar-refractivity contribution in [3.63, 3.8) is 0 Å². The summed E-state index contributed by atoms with van der Waals surface area (Å²) in [6.45, 7) is -2.09. The molecule has 0 atom stereocenters. The number of rotatable bonds is 4. The third kappa shape index (κ3) is 2.95. The van der Waals surface area contributed by atoms with E-state index in [9.17, 15) is 30.7 Å². The lowest BCUT2D eigenvalue weighted by Gasteiger charge is -2.27. The quantitative estimate of drug-likeness (QED) is 0.714. The summed E-state index contributed by atoms with van der Waals surface area (Å²) in [6.07, 6.45) is -6.36. The molecule has 2 aromatic rings. The van der Waals surface area contributed by atoms with Crippen LogP contribution in [-0.4, -0.2) is 24.6 Å². The molecular weight excluding hydrogens is 317 g/mol. The lowest BCUT2D eigenvalue weighted by molar-refractivity contribution is -0.358. The minimum atomic E-state index is -6.36. The van der Waals surface area contributed by atoms with Gasteiger partial charge in [-0.15, -0.1) is 0 Å². The molecule has 0 fully saturated rings. The molecule has 0 N–H and O–H groups in total. The van der Waals surface area contributed by atoms with Crippen molar-refractivity contribution in [1.82, 2.24) is 0 Å². The largest absolute Gasteiger partial charge is 0.487 e. The molecule has 8 heteroatoms. The Kier molecular flexibility index (Phi) is 3.97. The van der Waals surface area contributed by atoms with E-state index >= 15 is 0 Å². The maximum absolute atomic E-state index is 13.1. The molecule has 0 aliphatic carbocycles. The molecule has 0 radical (unpaired) electrons. The predicted octanol–water partition coefficient (Wildman–Crippen LogP) is 5.05. The third-order valence-corrected chi connectivity index (χ3v) is 2.96. The van der Waals surface area contributed by atoms with E-state index in [1.807, 2.05) is 0 Å². The van der Waals surface area contributed by atoms with Gasteiger partial charge in [0.05, 0.1) is 0 Å². The van der Waals surface area contributed by atoms with Gasteiger partial charge in [-0.05, 0) is 22.9 Å². The summed E-state index contributed by atoms with van der Waals surface area (Å²) in [7, 11) is 0. The SMILES string of the molecule is FC(F)(F)C(F)(F)C(F)(F)COc1ccc2ccccc2c1. The first-order chi connectivity index (χ1) is 10.0. The normalized spacial score (nSPS) is 13.4. The fraction of sp³-hybridized carbons (Fsp3) is 0.286. The average molecular weight is 326 g/mol. The summed E-state index contributed by atoms with van der Waals surface area (Å²) < 4.78 is 92.0. The lowest BCUT2D eigenvalue weighted by Crippen LogP contribution is -2.54. The van der Waals surface area contributed by atoms with Crippen LogP contribution in [0.5, 0.6) is 5.75 Å². The van der Waals surface area contributed by atoms with Gasteiger partial charge in [-0.3, -0.25) is 0 Å². The highest BCUT2D eigenvalue weighted by atomic mass is 19.4. The first-order valence-corrected chi connectivity index (χ1v) is 5.98. The number of fused-ring (bicyclic) bond motifs is 1. The van der Waals surface area contributed by atoms with E-state index in [4.69, 9.17) is 0 Å². The van der Waals surface area contributed by atoms with Gasteiger partial charge in [0.1, 0.15) is 5.75 Å². The summed E-state index contributed by atoms with van der Waals surface area (Å²) in [6, 6.07) is 10.7. The van der Waals surface area contributed by atoms with Crippen molar-refractivity contribution in [2.24, 2.45) is 0 Å². The van der Waals surface area contributed by atoms with E-state index in [0.717, 1.165) is 5.39 Å². The number of hydrogen-bond donors (Lipinski definition) is 0. The van der Waals surface area contributed by atoms with Crippen molar-refractivity contribution in [1.29, 1.82) is 0 Å². The maximum Gasteiger partial charge on any atom is 0.460 e. The fourth-order valence-electron chi connectivity index (χ4n) is 1.73. The molecule has 0 saturated carbocycles. The number of halogens is 7. The second-order valence-electron chi connectivity index (χ2n) is 4.57. The van der Waals surface area contributed by atoms with Gasteiger partial charge >= 0.3 is 18.0 Å². The van der Waals surface area contributed by atoms with Gasteiger partial charge in [0.15, 0.2) is 6.61 Å². The molecule has 120 valence electrons. The van der Waals surface area contributed by atoms with Crippen LogP contribution < -0.4 is 4.74 Å². The minimum absolute atomic E-state index is 0.226. The lowest BCUT2D eigenvalue weighted by atomic mass is 10.1. The van der Waals surface area contributed by atoms with E-state index in [2.05, 4.69) is 4.74 Å². The molecule has 0 amide bonds. The fourth-order valence-corrected chi connectivity index (χ4v) is 1.73. The van der Waals surface area contributed by atoms with Crippen molar-refractivity contribution >= 4 is 10.8 Å². The molecule has 0 aromatic heterocycles. The zero-order valence-electron chi connectivity index (χ0n) is 10.8. The van der Waals surface area contributed by atoms with Crippen molar-refractivity contribution < 1.29 is 35.5 Å². The molecule has 22 heavy (non-hydrogen) atoms. The highest BCUT2D eigenvalue weighted by molar-refractivity contribution is 5.83. The highest BCUT2D eigenvalue weighted by Gasteiger charge is 2.73. The van der Waals surface area contributed by atoms with E-state index in [-0.39, 0.29) is 5.75 Å². The highest BCUT2D eigenvalue weighted by Crippen LogP contribution is 2.46. The monoisotopic (exact) mass is 326 g/mol. The Labute approximate surface area is 120 Å². The Morgan fingerprint density at radius 3 is 1.95 bits per heavy atom. The maximum atomic E-state index is 13.1. The van der Waals surface area contributed by atoms with E-state index < -0.39 is 24.6 Å². The molecule has 0 unspecified atom stereocenters. The van der Waals surface area contributed by atoms with Crippen molar-refractivity contribution in [3.8, 4) is 5.75 Å². The summed E-state index contributed by atoms with van der Waals surface area (Å²) in [5.41, 5.74) is 0. The van der Waals surface area contributed by atoms with Crippen LogP contribution in [0.2, 0.25) is 0 Å². The second-order valence-corrected chi connectivity index (χ2v) is 4.57. The predicted molar refractivity (Wildman–Crippen MR) is 65.4 cm³/mol. The van der Waals surface area contributed by atoms with Gasteiger partial charge in [0, 0.05) is 0 Å². The molecular formula is C14H9F7O. The second kappa shape index (κ2) is 5.33. The molecule has 2 aromatic carbocycles. The van der Waals surface area contributed by atoms with Crippen molar-refractivity contribution in [3.05, 3.63) is 42.5 Å². The van der Waals surface area contributed by atoms with Gasteiger partial charge in [-0.2, -0.15) is 30.7 Å². The van der Waals surface area contributed by atoms with Crippen LogP contribution in [0.15, 0.2) is 42.5 Å². The van der Waals surface area contributed by atoms with Gasteiger partial charge in [-0.25, -0.2) is 0 Å².